The highest BCUT2D eigenvalue weighted by atomic mass is 19.3. The number of fused-ring (bicyclic) bond motifs is 1. The summed E-state index contributed by atoms with van der Waals surface area (Å²) in [5, 5.41) is 2.82. The Bertz CT molecular complexity index is 408. The number of benzene rings is 1. The van der Waals surface area contributed by atoms with Crippen LogP contribution in [0.25, 0.3) is 0 Å². The van der Waals surface area contributed by atoms with E-state index in [2.05, 4.69) is 5.32 Å². The third-order valence-corrected chi connectivity index (χ3v) is 3.63. The van der Waals surface area contributed by atoms with E-state index in [1.165, 1.54) is 0 Å². The van der Waals surface area contributed by atoms with Crippen molar-refractivity contribution >= 4 is 0 Å². The van der Waals surface area contributed by atoms with Gasteiger partial charge in [0.25, 0.3) is 6.43 Å². The van der Waals surface area contributed by atoms with Crippen LogP contribution < -0.4 is 10.1 Å². The van der Waals surface area contributed by atoms with E-state index in [-0.39, 0.29) is 0 Å². The fraction of sp³-hybridized carbons (Fsp3) is 0.538. The van der Waals surface area contributed by atoms with Crippen molar-refractivity contribution in [3.63, 3.8) is 0 Å². The standard InChI is InChI=1S/C13H17F2NO/c1-16-13(12(14)15)7-3-4-9-8-10(17-2)5-6-11(9)13/h5-6,8,12,16H,3-4,7H2,1-2H3. The van der Waals surface area contributed by atoms with Crippen molar-refractivity contribution in [3.05, 3.63) is 29.3 Å². The van der Waals surface area contributed by atoms with Gasteiger partial charge in [-0.15, -0.1) is 0 Å². The molecule has 1 atom stereocenters. The second-order valence-corrected chi connectivity index (χ2v) is 4.40. The molecule has 0 saturated carbocycles. The van der Waals surface area contributed by atoms with Crippen molar-refractivity contribution < 1.29 is 13.5 Å². The molecule has 1 aromatic carbocycles. The molecule has 1 N–H and O–H groups in total. The van der Waals surface area contributed by atoms with Crippen LogP contribution >= 0.6 is 0 Å². The largest absolute Gasteiger partial charge is 0.497 e. The van der Waals surface area contributed by atoms with E-state index in [1.54, 1.807) is 26.3 Å². The maximum Gasteiger partial charge on any atom is 0.260 e. The lowest BCUT2D eigenvalue weighted by Gasteiger charge is -2.38. The minimum Gasteiger partial charge on any atom is -0.497 e. The van der Waals surface area contributed by atoms with Gasteiger partial charge >= 0.3 is 0 Å². The topological polar surface area (TPSA) is 21.3 Å². The molecule has 1 aliphatic carbocycles. The van der Waals surface area contributed by atoms with E-state index in [9.17, 15) is 8.78 Å². The molecule has 2 rings (SSSR count). The Morgan fingerprint density at radius 2 is 2.18 bits per heavy atom. The summed E-state index contributed by atoms with van der Waals surface area (Å²) in [5.41, 5.74) is 0.479. The molecule has 0 spiro atoms. The maximum atomic E-state index is 13.3. The van der Waals surface area contributed by atoms with Gasteiger partial charge in [-0.2, -0.15) is 0 Å². The predicted octanol–water partition coefficient (Wildman–Crippen LogP) is 2.71. The van der Waals surface area contributed by atoms with Gasteiger partial charge in [0.05, 0.1) is 7.11 Å². The summed E-state index contributed by atoms with van der Waals surface area (Å²) in [5.74, 6) is 0.727. The number of methoxy groups -OCH3 is 1. The SMILES string of the molecule is CNC1(C(F)F)CCCc2cc(OC)ccc21. The van der Waals surface area contributed by atoms with Gasteiger partial charge in [0.2, 0.25) is 0 Å². The summed E-state index contributed by atoms with van der Waals surface area (Å²) in [6.07, 6.45) is -0.325. The van der Waals surface area contributed by atoms with E-state index >= 15 is 0 Å². The van der Waals surface area contributed by atoms with Gasteiger partial charge < -0.3 is 10.1 Å². The molecule has 2 nitrogen and oxygen atoms in total. The van der Waals surface area contributed by atoms with E-state index < -0.39 is 12.0 Å². The Balaban J connectivity index is 2.50. The van der Waals surface area contributed by atoms with Crippen LogP contribution in [0, 0.1) is 0 Å². The summed E-state index contributed by atoms with van der Waals surface area (Å²) in [6, 6.07) is 5.37. The molecule has 1 unspecified atom stereocenters. The quantitative estimate of drug-likeness (QED) is 0.878. The van der Waals surface area contributed by atoms with Crippen molar-refractivity contribution in [3.8, 4) is 5.75 Å². The van der Waals surface area contributed by atoms with Crippen LogP contribution in [0.1, 0.15) is 24.0 Å². The van der Waals surface area contributed by atoms with Crippen LogP contribution in [0.5, 0.6) is 5.75 Å². The predicted molar refractivity (Wildman–Crippen MR) is 62.7 cm³/mol. The number of hydrogen-bond donors (Lipinski definition) is 1. The maximum absolute atomic E-state index is 13.3. The first-order valence-electron chi connectivity index (χ1n) is 5.78. The third-order valence-electron chi connectivity index (χ3n) is 3.63. The monoisotopic (exact) mass is 241 g/mol. The van der Waals surface area contributed by atoms with E-state index in [0.29, 0.717) is 12.0 Å². The smallest absolute Gasteiger partial charge is 0.260 e. The Kier molecular flexibility index (Phi) is 3.33. The van der Waals surface area contributed by atoms with Crippen molar-refractivity contribution in [2.75, 3.05) is 14.2 Å². The molecule has 17 heavy (non-hydrogen) atoms. The van der Waals surface area contributed by atoms with Crippen molar-refractivity contribution in [2.45, 2.75) is 31.2 Å². The van der Waals surface area contributed by atoms with E-state index in [1.807, 2.05) is 6.07 Å². The second kappa shape index (κ2) is 4.61. The summed E-state index contributed by atoms with van der Waals surface area (Å²) >= 11 is 0. The number of ether oxygens (including phenoxy) is 1. The number of alkyl halides is 2. The first-order valence-corrected chi connectivity index (χ1v) is 5.78. The Hall–Kier alpha value is -1.16. The first-order chi connectivity index (χ1) is 8.14. The zero-order valence-corrected chi connectivity index (χ0v) is 10.1. The van der Waals surface area contributed by atoms with Crippen molar-refractivity contribution in [2.24, 2.45) is 0 Å². The lowest BCUT2D eigenvalue weighted by molar-refractivity contribution is 0.0209. The normalized spacial score (nSPS) is 23.6. The first kappa shape index (κ1) is 12.3. The molecule has 0 fully saturated rings. The Morgan fingerprint density at radius 3 is 2.76 bits per heavy atom. The molecule has 0 radical (unpaired) electrons. The van der Waals surface area contributed by atoms with Gasteiger partial charge in [-0.3, -0.25) is 0 Å². The van der Waals surface area contributed by atoms with Gasteiger partial charge in [-0.1, -0.05) is 6.07 Å². The molecule has 1 aliphatic rings. The number of halogens is 2. The number of aryl methyl sites for hydroxylation is 1. The molecule has 0 bridgehead atoms. The summed E-state index contributed by atoms with van der Waals surface area (Å²) in [4.78, 5) is 0. The molecule has 0 aromatic heterocycles. The van der Waals surface area contributed by atoms with Crippen LogP contribution in [0.2, 0.25) is 0 Å². The van der Waals surface area contributed by atoms with E-state index in [4.69, 9.17) is 4.74 Å². The molecule has 0 amide bonds. The van der Waals surface area contributed by atoms with Gasteiger partial charge in [0, 0.05) is 0 Å². The minimum atomic E-state index is -2.40. The van der Waals surface area contributed by atoms with Gasteiger partial charge in [0.15, 0.2) is 0 Å². The van der Waals surface area contributed by atoms with Gasteiger partial charge in [-0.25, -0.2) is 8.78 Å². The van der Waals surface area contributed by atoms with Crippen LogP contribution in [-0.4, -0.2) is 20.6 Å². The summed E-state index contributed by atoms with van der Waals surface area (Å²) in [6.45, 7) is 0. The lowest BCUT2D eigenvalue weighted by atomic mass is 9.76. The van der Waals surface area contributed by atoms with Gasteiger partial charge in [0.1, 0.15) is 11.3 Å². The molecule has 1 aromatic rings. The zero-order chi connectivity index (χ0) is 12.5. The van der Waals surface area contributed by atoms with Crippen LogP contribution in [0.4, 0.5) is 8.78 Å². The highest BCUT2D eigenvalue weighted by molar-refractivity contribution is 5.42. The van der Waals surface area contributed by atoms with E-state index in [0.717, 1.165) is 24.2 Å². The molecule has 0 aliphatic heterocycles. The summed E-state index contributed by atoms with van der Waals surface area (Å²) in [7, 11) is 3.19. The Labute approximate surface area is 100.0 Å². The average Bonchev–Trinajstić information content (AvgIpc) is 2.36. The summed E-state index contributed by atoms with van der Waals surface area (Å²) < 4.78 is 31.8. The van der Waals surface area contributed by atoms with Crippen LogP contribution in [0.3, 0.4) is 0 Å². The lowest BCUT2D eigenvalue weighted by Crippen LogP contribution is -2.48. The zero-order valence-electron chi connectivity index (χ0n) is 10.1. The third kappa shape index (κ3) is 1.90. The minimum absolute atomic E-state index is 0.473. The molecule has 0 saturated heterocycles. The van der Waals surface area contributed by atoms with Crippen LogP contribution in [-0.2, 0) is 12.0 Å². The average molecular weight is 241 g/mol. The molecule has 4 heteroatoms. The highest BCUT2D eigenvalue weighted by Crippen LogP contribution is 2.40. The fourth-order valence-electron chi connectivity index (χ4n) is 2.63. The number of hydrogen-bond acceptors (Lipinski definition) is 2. The Morgan fingerprint density at radius 1 is 1.41 bits per heavy atom. The molecule has 0 heterocycles. The van der Waals surface area contributed by atoms with Crippen molar-refractivity contribution in [1.29, 1.82) is 0 Å². The highest BCUT2D eigenvalue weighted by Gasteiger charge is 2.43. The van der Waals surface area contributed by atoms with Crippen molar-refractivity contribution in [1.82, 2.24) is 5.32 Å². The van der Waals surface area contributed by atoms with Crippen LogP contribution in [0.15, 0.2) is 18.2 Å². The number of nitrogens with one attached hydrogen (secondary N) is 1. The number of rotatable bonds is 3. The molecular weight excluding hydrogens is 224 g/mol. The second-order valence-electron chi connectivity index (χ2n) is 4.40. The van der Waals surface area contributed by atoms with Gasteiger partial charge in [-0.05, 0) is 49.6 Å². The molecule has 94 valence electrons. The molecular formula is C13H17F2NO. The fourth-order valence-corrected chi connectivity index (χ4v) is 2.63.